The first-order valence-electron chi connectivity index (χ1n) is 5.80. The smallest absolute Gasteiger partial charge is 0.0489 e. The van der Waals surface area contributed by atoms with Gasteiger partial charge in [-0.05, 0) is 33.5 Å². The van der Waals surface area contributed by atoms with Gasteiger partial charge in [0, 0.05) is 5.54 Å². The lowest BCUT2D eigenvalue weighted by Gasteiger charge is -2.27. The summed E-state index contributed by atoms with van der Waals surface area (Å²) in [6.07, 6.45) is 10.9. The summed E-state index contributed by atoms with van der Waals surface area (Å²) in [7, 11) is 1.89. The Morgan fingerprint density at radius 2 is 2.00 bits per heavy atom. The Morgan fingerprint density at radius 3 is 2.56 bits per heavy atom. The molecule has 0 aliphatic rings. The van der Waals surface area contributed by atoms with E-state index < -0.39 is 0 Å². The highest BCUT2D eigenvalue weighted by Gasteiger charge is 2.18. The molecule has 92 valence electrons. The molecule has 0 rings (SSSR count). The highest BCUT2D eigenvalue weighted by Crippen LogP contribution is 2.10. The first kappa shape index (κ1) is 15.1. The van der Waals surface area contributed by atoms with Gasteiger partial charge in [0.2, 0.25) is 0 Å². The van der Waals surface area contributed by atoms with Crippen molar-refractivity contribution in [2.24, 2.45) is 0 Å². The largest absolute Gasteiger partial charge is 0.317 e. The topological polar surface area (TPSA) is 36.1 Å². The minimum absolute atomic E-state index is 0.0393. The molecule has 1 unspecified atom stereocenters. The van der Waals surface area contributed by atoms with Crippen LogP contribution in [0.3, 0.4) is 0 Å². The number of allylic oxidation sites excluding steroid dienone is 4. The van der Waals surface area contributed by atoms with Gasteiger partial charge in [0.05, 0.1) is 0 Å². The zero-order valence-electron chi connectivity index (χ0n) is 10.7. The van der Waals surface area contributed by atoms with Crippen LogP contribution in [-0.2, 0) is 0 Å². The molecule has 0 heterocycles. The normalized spacial score (nSPS) is 15.7. The van der Waals surface area contributed by atoms with E-state index in [0.717, 1.165) is 19.5 Å². The third kappa shape index (κ3) is 7.40. The predicted molar refractivity (Wildman–Crippen MR) is 72.2 cm³/mol. The second kappa shape index (κ2) is 9.33. The fourth-order valence-corrected chi connectivity index (χ4v) is 1.41. The lowest BCUT2D eigenvalue weighted by Crippen LogP contribution is -2.48. The van der Waals surface area contributed by atoms with Crippen molar-refractivity contribution in [1.82, 2.24) is 16.2 Å². The first-order valence-corrected chi connectivity index (χ1v) is 5.80. The summed E-state index contributed by atoms with van der Waals surface area (Å²) < 4.78 is 0. The Hall–Kier alpha value is -0.900. The van der Waals surface area contributed by atoms with Crippen molar-refractivity contribution in [3.8, 4) is 0 Å². The van der Waals surface area contributed by atoms with E-state index in [4.69, 9.17) is 0 Å². The molecule has 0 aromatic rings. The molecule has 3 N–H and O–H groups in total. The number of nitrogens with one attached hydrogen (secondary N) is 3. The van der Waals surface area contributed by atoms with E-state index in [9.17, 15) is 0 Å². The van der Waals surface area contributed by atoms with Gasteiger partial charge in [-0.15, -0.1) is 0 Å². The average molecular weight is 223 g/mol. The minimum atomic E-state index is -0.0393. The molecule has 0 aromatic heterocycles. The van der Waals surface area contributed by atoms with Crippen LogP contribution in [0, 0.1) is 0 Å². The SMILES string of the molecule is C=C/C=C\C=C/C(C)(CCNCC)NNC. The molecule has 0 aliphatic carbocycles. The van der Waals surface area contributed by atoms with Crippen molar-refractivity contribution in [3.05, 3.63) is 37.0 Å². The van der Waals surface area contributed by atoms with Crippen molar-refractivity contribution in [1.29, 1.82) is 0 Å². The van der Waals surface area contributed by atoms with Gasteiger partial charge in [-0.25, -0.2) is 5.43 Å². The molecule has 3 nitrogen and oxygen atoms in total. The van der Waals surface area contributed by atoms with E-state index in [2.05, 4.69) is 42.7 Å². The molecule has 0 amide bonds. The molecule has 0 saturated carbocycles. The van der Waals surface area contributed by atoms with Crippen LogP contribution in [0.2, 0.25) is 0 Å². The van der Waals surface area contributed by atoms with Gasteiger partial charge in [-0.1, -0.05) is 43.9 Å². The molecule has 0 aliphatic heterocycles. The molecule has 0 saturated heterocycles. The predicted octanol–water partition coefficient (Wildman–Crippen LogP) is 1.77. The fraction of sp³-hybridized carbons (Fsp3) is 0.538. The van der Waals surface area contributed by atoms with Gasteiger partial charge in [0.1, 0.15) is 0 Å². The third-order valence-corrected chi connectivity index (χ3v) is 2.30. The highest BCUT2D eigenvalue weighted by molar-refractivity contribution is 5.14. The van der Waals surface area contributed by atoms with Crippen LogP contribution < -0.4 is 16.2 Å². The lowest BCUT2D eigenvalue weighted by atomic mass is 9.98. The maximum Gasteiger partial charge on any atom is 0.0489 e. The summed E-state index contributed by atoms with van der Waals surface area (Å²) in [5.74, 6) is 0. The second-order valence-corrected chi connectivity index (χ2v) is 3.88. The Bertz CT molecular complexity index is 233. The summed E-state index contributed by atoms with van der Waals surface area (Å²) in [6, 6.07) is 0. The van der Waals surface area contributed by atoms with E-state index in [1.54, 1.807) is 6.08 Å². The number of rotatable bonds is 9. The molecule has 0 aromatic carbocycles. The number of hydrogen-bond acceptors (Lipinski definition) is 3. The first-order chi connectivity index (χ1) is 7.68. The van der Waals surface area contributed by atoms with Crippen molar-refractivity contribution in [2.75, 3.05) is 20.1 Å². The van der Waals surface area contributed by atoms with E-state index in [-0.39, 0.29) is 5.54 Å². The Labute approximate surface area is 99.7 Å². The van der Waals surface area contributed by atoms with Crippen LogP contribution in [0.1, 0.15) is 20.3 Å². The van der Waals surface area contributed by atoms with Crippen molar-refractivity contribution < 1.29 is 0 Å². The molecule has 0 spiro atoms. The zero-order valence-corrected chi connectivity index (χ0v) is 10.7. The van der Waals surface area contributed by atoms with Gasteiger partial charge in [0.15, 0.2) is 0 Å². The van der Waals surface area contributed by atoms with Gasteiger partial charge in [-0.3, -0.25) is 5.43 Å². The Morgan fingerprint density at radius 1 is 1.25 bits per heavy atom. The van der Waals surface area contributed by atoms with Crippen molar-refractivity contribution >= 4 is 0 Å². The summed E-state index contributed by atoms with van der Waals surface area (Å²) in [5, 5.41) is 3.33. The second-order valence-electron chi connectivity index (χ2n) is 3.88. The van der Waals surface area contributed by atoms with Gasteiger partial charge in [0.25, 0.3) is 0 Å². The fourth-order valence-electron chi connectivity index (χ4n) is 1.41. The summed E-state index contributed by atoms with van der Waals surface area (Å²) in [6.45, 7) is 9.92. The molecule has 3 heteroatoms. The van der Waals surface area contributed by atoms with Crippen LogP contribution >= 0.6 is 0 Å². The summed E-state index contributed by atoms with van der Waals surface area (Å²) in [4.78, 5) is 0. The van der Waals surface area contributed by atoms with Gasteiger partial charge >= 0.3 is 0 Å². The van der Waals surface area contributed by atoms with Crippen molar-refractivity contribution in [3.63, 3.8) is 0 Å². The van der Waals surface area contributed by atoms with Crippen LogP contribution in [0.15, 0.2) is 37.0 Å². The zero-order chi connectivity index (χ0) is 12.3. The van der Waals surface area contributed by atoms with Gasteiger partial charge in [-0.2, -0.15) is 0 Å². The Kier molecular flexibility index (Phi) is 8.81. The maximum atomic E-state index is 3.63. The van der Waals surface area contributed by atoms with Crippen LogP contribution in [0.4, 0.5) is 0 Å². The monoisotopic (exact) mass is 223 g/mol. The van der Waals surface area contributed by atoms with E-state index >= 15 is 0 Å². The van der Waals surface area contributed by atoms with Crippen molar-refractivity contribution in [2.45, 2.75) is 25.8 Å². The van der Waals surface area contributed by atoms with Crippen LogP contribution in [0.25, 0.3) is 0 Å². The van der Waals surface area contributed by atoms with Crippen LogP contribution in [-0.4, -0.2) is 25.7 Å². The Balaban J connectivity index is 4.24. The third-order valence-electron chi connectivity index (χ3n) is 2.30. The summed E-state index contributed by atoms with van der Waals surface area (Å²) in [5.41, 5.74) is 6.22. The lowest BCUT2D eigenvalue weighted by molar-refractivity contribution is 0.361. The molecular formula is C13H25N3. The standard InChI is InChI=1S/C13H25N3/c1-5-7-8-9-10-13(3,16-14-4)11-12-15-6-2/h5,7-10,14-16H,1,6,11-12H2,2-4H3/b8-7-,10-9-. The molecule has 0 bridgehead atoms. The van der Waals surface area contributed by atoms with E-state index in [1.165, 1.54) is 0 Å². The molecular weight excluding hydrogens is 198 g/mol. The number of hydrazine groups is 1. The molecule has 0 fully saturated rings. The average Bonchev–Trinajstić information content (AvgIpc) is 2.25. The number of hydrogen-bond donors (Lipinski definition) is 3. The molecule has 0 radical (unpaired) electrons. The van der Waals surface area contributed by atoms with E-state index in [0.29, 0.717) is 0 Å². The summed E-state index contributed by atoms with van der Waals surface area (Å²) >= 11 is 0. The quantitative estimate of drug-likeness (QED) is 0.317. The van der Waals surface area contributed by atoms with Gasteiger partial charge < -0.3 is 5.32 Å². The van der Waals surface area contributed by atoms with E-state index in [1.807, 2.05) is 25.3 Å². The highest BCUT2D eigenvalue weighted by atomic mass is 15.4. The maximum absolute atomic E-state index is 3.63. The minimum Gasteiger partial charge on any atom is -0.317 e. The molecule has 1 atom stereocenters. The molecule has 16 heavy (non-hydrogen) atoms. The van der Waals surface area contributed by atoms with Crippen LogP contribution in [0.5, 0.6) is 0 Å².